The topological polar surface area (TPSA) is 32.3 Å². The maximum atomic E-state index is 13.0. The molecule has 0 bridgehead atoms. The van der Waals surface area contributed by atoms with E-state index in [-0.39, 0.29) is 17.8 Å². The zero-order chi connectivity index (χ0) is 13.1. The van der Waals surface area contributed by atoms with E-state index >= 15 is 0 Å². The number of nitrogens with one attached hydrogen (secondary N) is 1. The number of nitrogens with zero attached hydrogens (tertiary/aromatic N) is 1. The third-order valence-electron chi connectivity index (χ3n) is 3.34. The third-order valence-corrected chi connectivity index (χ3v) is 3.99. The molecule has 0 atom stereocenters. The lowest BCUT2D eigenvalue weighted by molar-refractivity contribution is 0.0702. The first kappa shape index (κ1) is 13.5. The molecule has 1 aliphatic rings. The molecule has 18 heavy (non-hydrogen) atoms. The second-order valence-corrected chi connectivity index (χ2v) is 5.38. The molecule has 1 aliphatic heterocycles. The highest BCUT2D eigenvalue weighted by Crippen LogP contribution is 2.21. The summed E-state index contributed by atoms with van der Waals surface area (Å²) in [6, 6.07) is 4.42. The first-order chi connectivity index (χ1) is 8.59. The Balaban J connectivity index is 2.14. The van der Waals surface area contributed by atoms with Crippen LogP contribution in [0.2, 0.25) is 0 Å². The largest absolute Gasteiger partial charge is 0.339 e. The zero-order valence-electron chi connectivity index (χ0n) is 10.2. The Morgan fingerprint density at radius 1 is 1.44 bits per heavy atom. The van der Waals surface area contributed by atoms with Crippen molar-refractivity contribution < 1.29 is 9.18 Å². The van der Waals surface area contributed by atoms with Gasteiger partial charge in [-0.1, -0.05) is 0 Å². The first-order valence-corrected chi connectivity index (χ1v) is 6.82. The van der Waals surface area contributed by atoms with Gasteiger partial charge < -0.3 is 10.2 Å². The lowest BCUT2D eigenvalue weighted by atomic mass is 10.0. The molecule has 98 valence electrons. The molecule has 1 aromatic carbocycles. The van der Waals surface area contributed by atoms with Crippen molar-refractivity contribution in [1.82, 2.24) is 10.2 Å². The van der Waals surface area contributed by atoms with Gasteiger partial charge in [-0.15, -0.1) is 0 Å². The highest BCUT2D eigenvalue weighted by Gasteiger charge is 2.24. The molecule has 3 nitrogen and oxygen atoms in total. The van der Waals surface area contributed by atoms with Crippen molar-refractivity contribution >= 4 is 21.8 Å². The fourth-order valence-electron chi connectivity index (χ4n) is 2.21. The summed E-state index contributed by atoms with van der Waals surface area (Å²) in [6.45, 7) is 1.87. The summed E-state index contributed by atoms with van der Waals surface area (Å²) in [5.41, 5.74) is 0.512. The highest BCUT2D eigenvalue weighted by molar-refractivity contribution is 9.10. The van der Waals surface area contributed by atoms with Crippen LogP contribution in [0.4, 0.5) is 4.39 Å². The molecule has 1 heterocycles. The zero-order valence-corrected chi connectivity index (χ0v) is 11.8. The van der Waals surface area contributed by atoms with Crippen molar-refractivity contribution in [3.63, 3.8) is 0 Å². The quantitative estimate of drug-likeness (QED) is 0.909. The van der Waals surface area contributed by atoms with Gasteiger partial charge in [-0.25, -0.2) is 4.39 Å². The average molecular weight is 315 g/mol. The Labute approximate surface area is 114 Å². The van der Waals surface area contributed by atoms with Gasteiger partial charge in [0.15, 0.2) is 0 Å². The first-order valence-electron chi connectivity index (χ1n) is 6.02. The summed E-state index contributed by atoms with van der Waals surface area (Å²) in [6.07, 6.45) is 1.92. The van der Waals surface area contributed by atoms with Gasteiger partial charge in [0.05, 0.1) is 5.56 Å². The summed E-state index contributed by atoms with van der Waals surface area (Å²) >= 11 is 3.24. The van der Waals surface area contributed by atoms with Gasteiger partial charge in [0, 0.05) is 17.6 Å². The van der Waals surface area contributed by atoms with E-state index < -0.39 is 0 Å². The van der Waals surface area contributed by atoms with Crippen molar-refractivity contribution in [1.29, 1.82) is 0 Å². The van der Waals surface area contributed by atoms with E-state index in [0.717, 1.165) is 25.9 Å². The molecule has 1 N–H and O–H groups in total. The van der Waals surface area contributed by atoms with E-state index in [1.165, 1.54) is 18.2 Å². The van der Waals surface area contributed by atoms with Crippen molar-refractivity contribution in [2.24, 2.45) is 0 Å². The smallest absolute Gasteiger partial charge is 0.254 e. The summed E-state index contributed by atoms with van der Waals surface area (Å²) in [5.74, 6) is -0.406. The number of rotatable bonds is 2. The number of hydrogen-bond acceptors (Lipinski definition) is 2. The van der Waals surface area contributed by atoms with Gasteiger partial charge in [0.2, 0.25) is 0 Å². The Morgan fingerprint density at radius 3 is 2.72 bits per heavy atom. The standard InChI is InChI=1S/C13H16BrFN2O/c1-17(10-4-6-16-7-5-10)13(18)11-3-2-9(15)8-12(11)14/h2-3,8,10,16H,4-7H2,1H3. The van der Waals surface area contributed by atoms with Gasteiger partial charge in [-0.2, -0.15) is 0 Å². The van der Waals surface area contributed by atoms with Crippen LogP contribution < -0.4 is 5.32 Å². The van der Waals surface area contributed by atoms with Gasteiger partial charge in [0.25, 0.3) is 5.91 Å². The molecule has 1 saturated heterocycles. The van der Waals surface area contributed by atoms with Gasteiger partial charge in [0.1, 0.15) is 5.82 Å². The highest BCUT2D eigenvalue weighted by atomic mass is 79.9. The van der Waals surface area contributed by atoms with E-state index in [4.69, 9.17) is 0 Å². The number of hydrogen-bond donors (Lipinski definition) is 1. The van der Waals surface area contributed by atoms with Crippen LogP contribution in [0.1, 0.15) is 23.2 Å². The van der Waals surface area contributed by atoms with Gasteiger partial charge in [-0.05, 0) is 60.1 Å². The molecular weight excluding hydrogens is 299 g/mol. The van der Waals surface area contributed by atoms with Crippen LogP contribution >= 0.6 is 15.9 Å². The number of carbonyl (C=O) groups excluding carboxylic acids is 1. The van der Waals surface area contributed by atoms with Crippen LogP contribution in [0.5, 0.6) is 0 Å². The molecule has 0 unspecified atom stereocenters. The van der Waals surface area contributed by atoms with Crippen LogP contribution in [-0.4, -0.2) is 37.0 Å². The Kier molecular flexibility index (Phi) is 4.35. The monoisotopic (exact) mass is 314 g/mol. The number of halogens is 2. The van der Waals surface area contributed by atoms with Gasteiger partial charge in [-0.3, -0.25) is 4.79 Å². The van der Waals surface area contributed by atoms with Crippen LogP contribution in [-0.2, 0) is 0 Å². The SMILES string of the molecule is CN(C(=O)c1ccc(F)cc1Br)C1CCNCC1. The van der Waals surface area contributed by atoms with E-state index in [9.17, 15) is 9.18 Å². The number of carbonyl (C=O) groups is 1. The van der Waals surface area contributed by atoms with Crippen LogP contribution in [0.15, 0.2) is 22.7 Å². The van der Waals surface area contributed by atoms with Crippen molar-refractivity contribution in [2.75, 3.05) is 20.1 Å². The molecule has 0 aliphatic carbocycles. The molecule has 0 radical (unpaired) electrons. The summed E-state index contributed by atoms with van der Waals surface area (Å²) in [7, 11) is 1.81. The van der Waals surface area contributed by atoms with Crippen molar-refractivity contribution in [2.45, 2.75) is 18.9 Å². The fraction of sp³-hybridized carbons (Fsp3) is 0.462. The maximum Gasteiger partial charge on any atom is 0.254 e. The molecule has 1 amide bonds. The molecule has 2 rings (SSSR count). The molecular formula is C13H16BrFN2O. The second-order valence-electron chi connectivity index (χ2n) is 4.52. The normalized spacial score (nSPS) is 16.6. The molecule has 0 spiro atoms. The molecule has 5 heteroatoms. The minimum Gasteiger partial charge on any atom is -0.339 e. The Morgan fingerprint density at radius 2 is 2.11 bits per heavy atom. The van der Waals surface area contributed by atoms with Crippen molar-refractivity contribution in [3.05, 3.63) is 34.1 Å². The number of benzene rings is 1. The van der Waals surface area contributed by atoms with Gasteiger partial charge >= 0.3 is 0 Å². The van der Waals surface area contributed by atoms with Crippen LogP contribution in [0.25, 0.3) is 0 Å². The summed E-state index contributed by atoms with van der Waals surface area (Å²) in [4.78, 5) is 14.1. The predicted molar refractivity (Wildman–Crippen MR) is 72.1 cm³/mol. The van der Waals surface area contributed by atoms with Crippen molar-refractivity contribution in [3.8, 4) is 0 Å². The Bertz CT molecular complexity index is 447. The Hall–Kier alpha value is -0.940. The van der Waals surface area contributed by atoms with Crippen LogP contribution in [0.3, 0.4) is 0 Å². The summed E-state index contributed by atoms with van der Waals surface area (Å²) < 4.78 is 13.5. The minimum atomic E-state index is -0.344. The van der Waals surface area contributed by atoms with Crippen LogP contribution in [0, 0.1) is 5.82 Å². The van der Waals surface area contributed by atoms with E-state index in [0.29, 0.717) is 10.0 Å². The molecule has 1 aromatic rings. The van der Waals surface area contributed by atoms with E-state index in [1.807, 2.05) is 7.05 Å². The second kappa shape index (κ2) is 5.80. The average Bonchev–Trinajstić information content (AvgIpc) is 2.38. The predicted octanol–water partition coefficient (Wildman–Crippen LogP) is 2.41. The number of amides is 1. The fourth-order valence-corrected chi connectivity index (χ4v) is 2.73. The number of piperidine rings is 1. The summed E-state index contributed by atoms with van der Waals surface area (Å²) in [5, 5.41) is 3.27. The lowest BCUT2D eigenvalue weighted by Crippen LogP contribution is -2.44. The minimum absolute atomic E-state index is 0.0613. The third kappa shape index (κ3) is 2.90. The molecule has 0 saturated carbocycles. The maximum absolute atomic E-state index is 13.0. The van der Waals surface area contributed by atoms with E-state index in [1.54, 1.807) is 4.90 Å². The van der Waals surface area contributed by atoms with E-state index in [2.05, 4.69) is 21.2 Å². The molecule has 1 fully saturated rings. The lowest BCUT2D eigenvalue weighted by Gasteiger charge is -2.31. The molecule has 0 aromatic heterocycles.